The highest BCUT2D eigenvalue weighted by Gasteiger charge is 2.35. The summed E-state index contributed by atoms with van der Waals surface area (Å²) in [5.74, 6) is -0.402. The van der Waals surface area contributed by atoms with Gasteiger partial charge >= 0.3 is 0 Å². The van der Waals surface area contributed by atoms with Crippen LogP contribution in [0, 0.1) is 0 Å². The van der Waals surface area contributed by atoms with Gasteiger partial charge in [0, 0.05) is 36.5 Å². The summed E-state index contributed by atoms with van der Waals surface area (Å²) in [5.41, 5.74) is 1.40. The molecule has 7 nitrogen and oxygen atoms in total. The zero-order valence-electron chi connectivity index (χ0n) is 21.8. The van der Waals surface area contributed by atoms with Crippen molar-refractivity contribution in [2.24, 2.45) is 0 Å². The molecule has 202 valence electrons. The van der Waals surface area contributed by atoms with E-state index >= 15 is 0 Å². The highest BCUT2D eigenvalue weighted by molar-refractivity contribution is 7.93. The second kappa shape index (κ2) is 12.2. The standard InChI is InChI=1S/C29H34ClN3O4S/c1-3-5-18-31-29(35)24(4-2)32(20-22-11-6-7-14-23(22)30)27(34)17-10-19-33-25-15-8-12-21-13-9-16-26(28(21)25)38(33,36)37/h6-9,11-16,24H,3-5,10,17-20H2,1-2H3,(H,31,35)/t24-/m1/s1. The van der Waals surface area contributed by atoms with E-state index in [1.807, 2.05) is 43.3 Å². The fraction of sp³-hybridized carbons (Fsp3) is 0.379. The predicted molar refractivity (Wildman–Crippen MR) is 152 cm³/mol. The average molecular weight is 556 g/mol. The molecule has 3 aromatic rings. The molecule has 9 heteroatoms. The van der Waals surface area contributed by atoms with E-state index in [9.17, 15) is 18.0 Å². The number of anilines is 1. The predicted octanol–water partition coefficient (Wildman–Crippen LogP) is 5.51. The Morgan fingerprint density at radius 3 is 2.45 bits per heavy atom. The van der Waals surface area contributed by atoms with Crippen molar-refractivity contribution in [2.45, 2.75) is 63.4 Å². The summed E-state index contributed by atoms with van der Waals surface area (Å²) in [6, 6.07) is 17.4. The molecule has 0 bridgehead atoms. The topological polar surface area (TPSA) is 86.8 Å². The van der Waals surface area contributed by atoms with Crippen molar-refractivity contribution in [3.8, 4) is 0 Å². The molecule has 1 aliphatic rings. The number of carbonyl (C=O) groups excluding carboxylic acids is 2. The van der Waals surface area contributed by atoms with Crippen molar-refractivity contribution in [2.75, 3.05) is 17.4 Å². The number of rotatable bonds is 12. The Kier molecular flexibility index (Phi) is 8.95. The third-order valence-corrected chi connectivity index (χ3v) is 9.17. The number of nitrogens with zero attached hydrogens (tertiary/aromatic N) is 2. The minimum atomic E-state index is -3.69. The molecule has 0 saturated carbocycles. The second-order valence-corrected chi connectivity index (χ2v) is 11.7. The summed E-state index contributed by atoms with van der Waals surface area (Å²) in [5, 5.41) is 5.07. The molecule has 2 amide bonds. The first-order valence-electron chi connectivity index (χ1n) is 13.1. The van der Waals surface area contributed by atoms with Gasteiger partial charge < -0.3 is 10.2 Å². The minimum absolute atomic E-state index is 0.0987. The maximum atomic E-state index is 13.6. The highest BCUT2D eigenvalue weighted by Crippen LogP contribution is 2.42. The van der Waals surface area contributed by atoms with Crippen molar-refractivity contribution < 1.29 is 18.0 Å². The van der Waals surface area contributed by atoms with Crippen LogP contribution in [-0.4, -0.2) is 44.3 Å². The lowest BCUT2D eigenvalue weighted by Crippen LogP contribution is -2.49. The van der Waals surface area contributed by atoms with Crippen LogP contribution in [0.2, 0.25) is 5.02 Å². The molecular formula is C29H34ClN3O4S. The van der Waals surface area contributed by atoms with E-state index in [0.717, 1.165) is 29.2 Å². The maximum Gasteiger partial charge on any atom is 0.265 e. The van der Waals surface area contributed by atoms with Gasteiger partial charge in [0.15, 0.2) is 0 Å². The van der Waals surface area contributed by atoms with Crippen LogP contribution in [0.25, 0.3) is 10.8 Å². The molecular weight excluding hydrogens is 522 g/mol. The van der Waals surface area contributed by atoms with E-state index in [1.54, 1.807) is 29.2 Å². The highest BCUT2D eigenvalue weighted by atomic mass is 35.5. The lowest BCUT2D eigenvalue weighted by Gasteiger charge is -2.31. The smallest absolute Gasteiger partial charge is 0.265 e. The molecule has 0 aromatic heterocycles. The van der Waals surface area contributed by atoms with Crippen LogP contribution < -0.4 is 9.62 Å². The van der Waals surface area contributed by atoms with E-state index in [1.165, 1.54) is 4.31 Å². The number of hydrogen-bond donors (Lipinski definition) is 1. The molecule has 1 heterocycles. The number of halogens is 1. The summed E-state index contributed by atoms with van der Waals surface area (Å²) in [6.07, 6.45) is 2.68. The van der Waals surface area contributed by atoms with Crippen molar-refractivity contribution in [3.63, 3.8) is 0 Å². The van der Waals surface area contributed by atoms with Gasteiger partial charge in [-0.05, 0) is 48.4 Å². The molecule has 1 aliphatic heterocycles. The Balaban J connectivity index is 1.51. The lowest BCUT2D eigenvalue weighted by atomic mass is 10.1. The number of nitrogens with one attached hydrogen (secondary N) is 1. The Labute approximate surface area is 229 Å². The zero-order chi connectivity index (χ0) is 27.3. The normalized spacial score (nSPS) is 14.4. The SMILES string of the molecule is CCCCNC(=O)[C@@H](CC)N(Cc1ccccc1Cl)C(=O)CCCN1c2cccc3cccc(c23)S1(=O)=O. The molecule has 4 rings (SSSR count). The Hall–Kier alpha value is -3.10. The van der Waals surface area contributed by atoms with E-state index < -0.39 is 16.1 Å². The number of benzene rings is 3. The number of carbonyl (C=O) groups is 2. The number of sulfonamides is 1. The summed E-state index contributed by atoms with van der Waals surface area (Å²) in [6.45, 7) is 4.85. The molecule has 0 aliphatic carbocycles. The zero-order valence-corrected chi connectivity index (χ0v) is 23.4. The van der Waals surface area contributed by atoms with Gasteiger partial charge in [-0.1, -0.05) is 74.3 Å². The van der Waals surface area contributed by atoms with Gasteiger partial charge in [-0.2, -0.15) is 0 Å². The van der Waals surface area contributed by atoms with Crippen LogP contribution in [0.15, 0.2) is 65.6 Å². The largest absolute Gasteiger partial charge is 0.354 e. The van der Waals surface area contributed by atoms with E-state index in [4.69, 9.17) is 11.6 Å². The molecule has 0 spiro atoms. The summed E-state index contributed by atoms with van der Waals surface area (Å²) in [7, 11) is -3.69. The molecule has 0 fully saturated rings. The van der Waals surface area contributed by atoms with E-state index in [0.29, 0.717) is 35.0 Å². The number of unbranched alkanes of at least 4 members (excludes halogenated alkanes) is 1. The molecule has 0 saturated heterocycles. The molecule has 38 heavy (non-hydrogen) atoms. The second-order valence-electron chi connectivity index (χ2n) is 9.49. The molecule has 3 aromatic carbocycles. The third-order valence-electron chi connectivity index (χ3n) is 6.95. The van der Waals surface area contributed by atoms with Gasteiger partial charge in [0.25, 0.3) is 10.0 Å². The summed E-state index contributed by atoms with van der Waals surface area (Å²) < 4.78 is 28.0. The maximum absolute atomic E-state index is 13.6. The van der Waals surface area contributed by atoms with E-state index in [2.05, 4.69) is 12.2 Å². The van der Waals surface area contributed by atoms with Crippen molar-refractivity contribution in [1.82, 2.24) is 10.2 Å². The fourth-order valence-corrected chi connectivity index (χ4v) is 6.90. The number of amides is 2. The Bertz CT molecular complexity index is 1420. The van der Waals surface area contributed by atoms with Gasteiger partial charge in [-0.3, -0.25) is 13.9 Å². The van der Waals surface area contributed by atoms with Gasteiger partial charge in [0.1, 0.15) is 6.04 Å². The monoisotopic (exact) mass is 555 g/mol. The summed E-state index contributed by atoms with van der Waals surface area (Å²) in [4.78, 5) is 28.5. The molecule has 0 radical (unpaired) electrons. The third kappa shape index (κ3) is 5.66. The van der Waals surface area contributed by atoms with Crippen LogP contribution in [0.5, 0.6) is 0 Å². The Morgan fingerprint density at radius 1 is 1.00 bits per heavy atom. The molecule has 0 unspecified atom stereocenters. The van der Waals surface area contributed by atoms with Crippen LogP contribution in [0.3, 0.4) is 0 Å². The van der Waals surface area contributed by atoms with Gasteiger partial charge in [-0.15, -0.1) is 0 Å². The van der Waals surface area contributed by atoms with Gasteiger partial charge in [0.2, 0.25) is 11.8 Å². The van der Waals surface area contributed by atoms with Crippen molar-refractivity contribution in [3.05, 3.63) is 71.2 Å². The quantitative estimate of drug-likeness (QED) is 0.299. The first kappa shape index (κ1) is 27.9. The lowest BCUT2D eigenvalue weighted by molar-refractivity contribution is -0.141. The van der Waals surface area contributed by atoms with Crippen molar-refractivity contribution >= 4 is 49.9 Å². The summed E-state index contributed by atoms with van der Waals surface area (Å²) >= 11 is 6.40. The van der Waals surface area contributed by atoms with Gasteiger partial charge in [0.05, 0.1) is 10.6 Å². The van der Waals surface area contributed by atoms with Gasteiger partial charge in [-0.25, -0.2) is 8.42 Å². The Morgan fingerprint density at radius 2 is 1.74 bits per heavy atom. The number of hydrogen-bond acceptors (Lipinski definition) is 4. The van der Waals surface area contributed by atoms with Crippen LogP contribution in [-0.2, 0) is 26.2 Å². The van der Waals surface area contributed by atoms with Crippen LogP contribution in [0.4, 0.5) is 5.69 Å². The molecule has 1 N–H and O–H groups in total. The van der Waals surface area contributed by atoms with E-state index in [-0.39, 0.29) is 31.3 Å². The minimum Gasteiger partial charge on any atom is -0.354 e. The first-order valence-corrected chi connectivity index (χ1v) is 15.0. The van der Waals surface area contributed by atoms with Crippen molar-refractivity contribution in [1.29, 1.82) is 0 Å². The van der Waals surface area contributed by atoms with Crippen LogP contribution >= 0.6 is 11.6 Å². The first-order chi connectivity index (χ1) is 18.3. The average Bonchev–Trinajstić information content (AvgIpc) is 3.13. The fourth-order valence-electron chi connectivity index (χ4n) is 4.95. The van der Waals surface area contributed by atoms with Crippen LogP contribution in [0.1, 0.15) is 51.5 Å². The molecule has 1 atom stereocenters.